The minimum Gasteiger partial charge on any atom is -0.469 e. The molecule has 0 amide bonds. The summed E-state index contributed by atoms with van der Waals surface area (Å²) in [7, 11) is 1.43. The van der Waals surface area contributed by atoms with Crippen LogP contribution < -0.4 is 5.73 Å². The summed E-state index contributed by atoms with van der Waals surface area (Å²) in [5, 5.41) is 0. The first-order chi connectivity index (χ1) is 10.3. The number of carbonyl (C=O) groups excluding carboxylic acids is 1. The Morgan fingerprint density at radius 1 is 1.18 bits per heavy atom. The molecule has 0 aliphatic rings. The Bertz CT molecular complexity index is 445. The van der Waals surface area contributed by atoms with Gasteiger partial charge in [0.05, 0.1) is 7.11 Å². The quantitative estimate of drug-likeness (QED) is 0.724. The van der Waals surface area contributed by atoms with E-state index in [1.54, 1.807) is 0 Å². The van der Waals surface area contributed by atoms with Crippen molar-refractivity contribution in [2.75, 3.05) is 7.11 Å². The van der Waals surface area contributed by atoms with Crippen molar-refractivity contribution in [2.45, 2.75) is 65.3 Å². The molecule has 3 heteroatoms. The van der Waals surface area contributed by atoms with E-state index in [9.17, 15) is 4.79 Å². The molecule has 0 radical (unpaired) electrons. The van der Waals surface area contributed by atoms with Crippen molar-refractivity contribution in [3.63, 3.8) is 0 Å². The van der Waals surface area contributed by atoms with Crippen LogP contribution in [-0.2, 0) is 16.0 Å². The van der Waals surface area contributed by atoms with Gasteiger partial charge in [-0.25, -0.2) is 0 Å². The van der Waals surface area contributed by atoms with Gasteiger partial charge in [-0.2, -0.15) is 0 Å². The zero-order chi connectivity index (χ0) is 16.6. The molecule has 1 unspecified atom stereocenters. The molecule has 0 aliphatic heterocycles. The van der Waals surface area contributed by atoms with Crippen LogP contribution in [0.3, 0.4) is 0 Å². The first-order valence-electron chi connectivity index (χ1n) is 8.23. The molecule has 1 aromatic carbocycles. The molecule has 22 heavy (non-hydrogen) atoms. The SMILES string of the molecule is COC(=O)CCCc1ccc(C(N)CCCC(C)(C)C)cc1. The number of nitrogens with two attached hydrogens (primary N) is 1. The lowest BCUT2D eigenvalue weighted by Crippen LogP contribution is -2.12. The van der Waals surface area contributed by atoms with Crippen LogP contribution in [0, 0.1) is 5.41 Å². The Morgan fingerprint density at radius 2 is 1.82 bits per heavy atom. The summed E-state index contributed by atoms with van der Waals surface area (Å²) in [6, 6.07) is 8.60. The second-order valence-electron chi connectivity index (χ2n) is 7.23. The molecule has 0 spiro atoms. The molecule has 1 atom stereocenters. The van der Waals surface area contributed by atoms with Crippen LogP contribution in [0.15, 0.2) is 24.3 Å². The normalized spacial score (nSPS) is 13.0. The van der Waals surface area contributed by atoms with Crippen LogP contribution >= 0.6 is 0 Å². The van der Waals surface area contributed by atoms with E-state index >= 15 is 0 Å². The van der Waals surface area contributed by atoms with Crippen molar-refractivity contribution in [2.24, 2.45) is 11.1 Å². The molecule has 124 valence electrons. The molecule has 0 aromatic heterocycles. The smallest absolute Gasteiger partial charge is 0.305 e. The molecular weight excluding hydrogens is 274 g/mol. The van der Waals surface area contributed by atoms with E-state index in [1.807, 2.05) is 0 Å². The van der Waals surface area contributed by atoms with Crippen molar-refractivity contribution in [3.05, 3.63) is 35.4 Å². The fourth-order valence-corrected chi connectivity index (χ4v) is 2.49. The van der Waals surface area contributed by atoms with Crippen LogP contribution in [0.4, 0.5) is 0 Å². The maximum Gasteiger partial charge on any atom is 0.305 e. The van der Waals surface area contributed by atoms with Crippen LogP contribution in [-0.4, -0.2) is 13.1 Å². The minimum atomic E-state index is -0.141. The summed E-state index contributed by atoms with van der Waals surface area (Å²) < 4.78 is 4.64. The molecular formula is C19H31NO2. The summed E-state index contributed by atoms with van der Waals surface area (Å²) in [6.45, 7) is 6.80. The van der Waals surface area contributed by atoms with Gasteiger partial charge in [0, 0.05) is 12.5 Å². The summed E-state index contributed by atoms with van der Waals surface area (Å²) in [5.41, 5.74) is 9.09. The van der Waals surface area contributed by atoms with Gasteiger partial charge >= 0.3 is 5.97 Å². The highest BCUT2D eigenvalue weighted by molar-refractivity contribution is 5.69. The zero-order valence-electron chi connectivity index (χ0n) is 14.5. The Morgan fingerprint density at radius 3 is 2.36 bits per heavy atom. The number of rotatable bonds is 8. The van der Waals surface area contributed by atoms with Crippen LogP contribution in [0.1, 0.15) is 70.0 Å². The van der Waals surface area contributed by atoms with Crippen molar-refractivity contribution in [1.82, 2.24) is 0 Å². The van der Waals surface area contributed by atoms with Gasteiger partial charge in [-0.3, -0.25) is 4.79 Å². The molecule has 0 heterocycles. The third kappa shape index (κ3) is 7.60. The van der Waals surface area contributed by atoms with E-state index in [4.69, 9.17) is 5.73 Å². The van der Waals surface area contributed by atoms with Crippen LogP contribution in [0.5, 0.6) is 0 Å². The average molecular weight is 305 g/mol. The van der Waals surface area contributed by atoms with E-state index in [0.29, 0.717) is 11.8 Å². The number of ether oxygens (including phenoxy) is 1. The standard InChI is InChI=1S/C19H31NO2/c1-19(2,3)14-6-8-17(20)16-12-10-15(11-13-16)7-5-9-18(21)22-4/h10-13,17H,5-9,14,20H2,1-4H3. The topological polar surface area (TPSA) is 52.3 Å². The third-order valence-corrected chi connectivity index (χ3v) is 3.92. The summed E-state index contributed by atoms with van der Waals surface area (Å²) >= 11 is 0. The number of hydrogen-bond acceptors (Lipinski definition) is 3. The fraction of sp³-hybridized carbons (Fsp3) is 0.632. The van der Waals surface area contributed by atoms with Gasteiger partial charge in [-0.05, 0) is 42.2 Å². The summed E-state index contributed by atoms with van der Waals surface area (Å²) in [5.74, 6) is -0.141. The van der Waals surface area contributed by atoms with Crippen molar-refractivity contribution in [3.8, 4) is 0 Å². The van der Waals surface area contributed by atoms with Crippen LogP contribution in [0.2, 0.25) is 0 Å². The predicted molar refractivity (Wildman–Crippen MR) is 91.6 cm³/mol. The van der Waals surface area contributed by atoms with Gasteiger partial charge in [0.2, 0.25) is 0 Å². The highest BCUT2D eigenvalue weighted by Gasteiger charge is 2.12. The average Bonchev–Trinajstić information content (AvgIpc) is 2.46. The van der Waals surface area contributed by atoms with Crippen LogP contribution in [0.25, 0.3) is 0 Å². The highest BCUT2D eigenvalue weighted by Crippen LogP contribution is 2.25. The molecule has 0 aliphatic carbocycles. The second kappa shape index (κ2) is 8.94. The summed E-state index contributed by atoms with van der Waals surface area (Å²) in [4.78, 5) is 11.1. The number of aryl methyl sites for hydroxylation is 1. The van der Waals surface area contributed by atoms with Gasteiger partial charge < -0.3 is 10.5 Å². The summed E-state index contributed by atoms with van der Waals surface area (Å²) in [6.07, 6.45) is 5.58. The van der Waals surface area contributed by atoms with E-state index < -0.39 is 0 Å². The molecule has 0 saturated heterocycles. The molecule has 2 N–H and O–H groups in total. The van der Waals surface area contributed by atoms with E-state index in [2.05, 4.69) is 49.8 Å². The number of carbonyl (C=O) groups is 1. The molecule has 3 nitrogen and oxygen atoms in total. The van der Waals surface area contributed by atoms with E-state index in [1.165, 1.54) is 24.7 Å². The first kappa shape index (κ1) is 18.7. The van der Waals surface area contributed by atoms with Crippen molar-refractivity contribution >= 4 is 5.97 Å². The Kier molecular flexibility index (Phi) is 7.60. The van der Waals surface area contributed by atoms with Gasteiger partial charge in [-0.15, -0.1) is 0 Å². The first-order valence-corrected chi connectivity index (χ1v) is 8.23. The largest absolute Gasteiger partial charge is 0.469 e. The predicted octanol–water partition coefficient (Wildman–Crippen LogP) is 4.40. The maximum atomic E-state index is 11.1. The molecule has 0 fully saturated rings. The monoisotopic (exact) mass is 305 g/mol. The lowest BCUT2D eigenvalue weighted by atomic mass is 9.88. The lowest BCUT2D eigenvalue weighted by molar-refractivity contribution is -0.140. The Balaban J connectivity index is 2.38. The Hall–Kier alpha value is -1.35. The second-order valence-corrected chi connectivity index (χ2v) is 7.23. The van der Waals surface area contributed by atoms with Gasteiger partial charge in [0.1, 0.15) is 0 Å². The van der Waals surface area contributed by atoms with E-state index in [0.717, 1.165) is 25.7 Å². The Labute approximate surface area is 135 Å². The molecule has 0 bridgehead atoms. The minimum absolute atomic E-state index is 0.117. The maximum absolute atomic E-state index is 11.1. The zero-order valence-corrected chi connectivity index (χ0v) is 14.5. The van der Waals surface area contributed by atoms with Gasteiger partial charge in [0.25, 0.3) is 0 Å². The number of benzene rings is 1. The number of methoxy groups -OCH3 is 1. The third-order valence-electron chi connectivity index (χ3n) is 3.92. The number of esters is 1. The molecule has 1 rings (SSSR count). The van der Waals surface area contributed by atoms with E-state index in [-0.39, 0.29) is 12.0 Å². The number of hydrogen-bond donors (Lipinski definition) is 1. The molecule has 0 saturated carbocycles. The van der Waals surface area contributed by atoms with Crippen molar-refractivity contribution < 1.29 is 9.53 Å². The van der Waals surface area contributed by atoms with Crippen molar-refractivity contribution in [1.29, 1.82) is 0 Å². The highest BCUT2D eigenvalue weighted by atomic mass is 16.5. The lowest BCUT2D eigenvalue weighted by Gasteiger charge is -2.19. The molecule has 1 aromatic rings. The fourth-order valence-electron chi connectivity index (χ4n) is 2.49. The van der Waals surface area contributed by atoms with Gasteiger partial charge in [-0.1, -0.05) is 51.5 Å². The van der Waals surface area contributed by atoms with Gasteiger partial charge in [0.15, 0.2) is 0 Å².